The van der Waals surface area contributed by atoms with Gasteiger partial charge in [0.25, 0.3) is 5.91 Å². The minimum Gasteiger partial charge on any atom is -0.465 e. The number of aromatic amines is 1. The average molecular weight is 380 g/mol. The lowest BCUT2D eigenvalue weighted by Crippen LogP contribution is -2.24. The van der Waals surface area contributed by atoms with Gasteiger partial charge in [-0.15, -0.1) is 0 Å². The van der Waals surface area contributed by atoms with Gasteiger partial charge in [-0.05, 0) is 42.7 Å². The predicted molar refractivity (Wildman–Crippen MR) is 106 cm³/mol. The van der Waals surface area contributed by atoms with E-state index in [4.69, 9.17) is 4.74 Å². The van der Waals surface area contributed by atoms with Gasteiger partial charge in [0, 0.05) is 24.6 Å². The van der Waals surface area contributed by atoms with Gasteiger partial charge in [0.15, 0.2) is 0 Å². The number of carbonyl (C=O) groups is 2. The number of carbonyl (C=O) groups excluding carboxylic acids is 2. The quantitative estimate of drug-likeness (QED) is 0.616. The maximum absolute atomic E-state index is 12.7. The second-order valence-corrected chi connectivity index (χ2v) is 6.52. The first kappa shape index (κ1) is 19.4. The number of benzene rings is 1. The summed E-state index contributed by atoms with van der Waals surface area (Å²) < 4.78 is 6.64. The van der Waals surface area contributed by atoms with Crippen LogP contribution in [0.2, 0.25) is 0 Å². The number of nitrogens with one attached hydrogen (secondary N) is 2. The lowest BCUT2D eigenvalue weighted by molar-refractivity contribution is 0.0599. The number of aryl methyl sites for hydroxylation is 1. The lowest BCUT2D eigenvalue weighted by Gasteiger charge is -2.08. The van der Waals surface area contributed by atoms with Crippen LogP contribution in [0, 0.1) is 6.92 Å². The second kappa shape index (κ2) is 8.56. The molecule has 0 aliphatic heterocycles. The van der Waals surface area contributed by atoms with Crippen molar-refractivity contribution < 1.29 is 14.3 Å². The Balaban J connectivity index is 1.73. The van der Waals surface area contributed by atoms with E-state index in [1.54, 1.807) is 17.8 Å². The van der Waals surface area contributed by atoms with E-state index in [1.165, 1.54) is 7.11 Å². The van der Waals surface area contributed by atoms with Crippen LogP contribution in [-0.2, 0) is 17.7 Å². The molecule has 0 atom stereocenters. The summed E-state index contributed by atoms with van der Waals surface area (Å²) in [5.74, 6) is -0.664. The summed E-state index contributed by atoms with van der Waals surface area (Å²) in [5.41, 5.74) is 4.15. The number of aromatic nitrogens is 3. The largest absolute Gasteiger partial charge is 0.465 e. The standard InChI is InChI=1S/C21H24N4O3/c1-4-6-17-18(21(27)28-3)14(2)24-19(17)20(26)22-13-15-7-9-16(10-8-15)25-12-5-11-23-25/h5,7-12,24H,4,6,13H2,1-3H3,(H,22,26). The van der Waals surface area contributed by atoms with Gasteiger partial charge in [0.05, 0.1) is 18.4 Å². The fraction of sp³-hybridized carbons (Fsp3) is 0.286. The van der Waals surface area contributed by atoms with Crippen molar-refractivity contribution in [1.29, 1.82) is 0 Å². The molecule has 0 unspecified atom stereocenters. The summed E-state index contributed by atoms with van der Waals surface area (Å²) in [6.07, 6.45) is 5.04. The molecule has 28 heavy (non-hydrogen) atoms. The Morgan fingerprint density at radius 3 is 2.61 bits per heavy atom. The Bertz CT molecular complexity index is 956. The van der Waals surface area contributed by atoms with Crippen molar-refractivity contribution in [3.05, 3.63) is 70.8 Å². The third kappa shape index (κ3) is 3.98. The van der Waals surface area contributed by atoms with E-state index in [-0.39, 0.29) is 5.91 Å². The summed E-state index contributed by atoms with van der Waals surface area (Å²) in [7, 11) is 1.34. The third-order valence-corrected chi connectivity index (χ3v) is 4.57. The number of amides is 1. The zero-order chi connectivity index (χ0) is 20.1. The van der Waals surface area contributed by atoms with Gasteiger partial charge in [0.1, 0.15) is 5.69 Å². The van der Waals surface area contributed by atoms with Crippen LogP contribution in [0.5, 0.6) is 0 Å². The molecule has 3 aromatic rings. The van der Waals surface area contributed by atoms with Gasteiger partial charge >= 0.3 is 5.97 Å². The maximum Gasteiger partial charge on any atom is 0.339 e. The number of nitrogens with zero attached hydrogens (tertiary/aromatic N) is 2. The molecule has 0 aliphatic carbocycles. The zero-order valence-corrected chi connectivity index (χ0v) is 16.3. The van der Waals surface area contributed by atoms with Gasteiger partial charge in [-0.2, -0.15) is 5.10 Å². The van der Waals surface area contributed by atoms with Crippen molar-refractivity contribution in [2.24, 2.45) is 0 Å². The molecule has 0 fully saturated rings. The molecule has 0 saturated carbocycles. The van der Waals surface area contributed by atoms with Crippen LogP contribution in [0.25, 0.3) is 5.69 Å². The van der Waals surface area contributed by atoms with Crippen molar-refractivity contribution in [3.63, 3.8) is 0 Å². The number of rotatable bonds is 7. The van der Waals surface area contributed by atoms with E-state index in [0.717, 1.165) is 17.7 Å². The van der Waals surface area contributed by atoms with Crippen LogP contribution in [-0.4, -0.2) is 33.8 Å². The molecule has 7 nitrogen and oxygen atoms in total. The number of hydrogen-bond donors (Lipinski definition) is 2. The minimum atomic E-state index is -0.425. The molecule has 0 saturated heterocycles. The van der Waals surface area contributed by atoms with Gasteiger partial charge in [0.2, 0.25) is 0 Å². The SMILES string of the molecule is CCCc1c(C(=O)NCc2ccc(-n3cccn3)cc2)[nH]c(C)c1C(=O)OC. The van der Waals surface area contributed by atoms with Crippen molar-refractivity contribution in [2.75, 3.05) is 7.11 Å². The van der Waals surface area contributed by atoms with E-state index >= 15 is 0 Å². The van der Waals surface area contributed by atoms with Crippen molar-refractivity contribution in [1.82, 2.24) is 20.1 Å². The maximum atomic E-state index is 12.7. The number of methoxy groups -OCH3 is 1. The van der Waals surface area contributed by atoms with Crippen molar-refractivity contribution in [3.8, 4) is 5.69 Å². The van der Waals surface area contributed by atoms with Crippen LogP contribution < -0.4 is 5.32 Å². The zero-order valence-electron chi connectivity index (χ0n) is 16.3. The van der Waals surface area contributed by atoms with E-state index in [0.29, 0.717) is 35.5 Å². The van der Waals surface area contributed by atoms with Crippen LogP contribution in [0.15, 0.2) is 42.7 Å². The molecule has 0 bridgehead atoms. The molecule has 2 aromatic heterocycles. The Labute approximate surface area is 163 Å². The molecule has 0 aliphatic rings. The van der Waals surface area contributed by atoms with Gasteiger partial charge in [-0.1, -0.05) is 25.5 Å². The number of ether oxygens (including phenoxy) is 1. The molecule has 0 spiro atoms. The molecule has 1 aromatic carbocycles. The monoisotopic (exact) mass is 380 g/mol. The molecule has 2 N–H and O–H groups in total. The Kier molecular flexibility index (Phi) is 5.93. The minimum absolute atomic E-state index is 0.238. The van der Waals surface area contributed by atoms with Crippen molar-refractivity contribution in [2.45, 2.75) is 33.2 Å². The van der Waals surface area contributed by atoms with E-state index < -0.39 is 5.97 Å². The normalized spacial score (nSPS) is 10.7. The highest BCUT2D eigenvalue weighted by molar-refractivity contribution is 6.00. The first-order valence-electron chi connectivity index (χ1n) is 9.22. The highest BCUT2D eigenvalue weighted by Crippen LogP contribution is 2.22. The Morgan fingerprint density at radius 1 is 1.25 bits per heavy atom. The van der Waals surface area contributed by atoms with Gasteiger partial charge in [-0.25, -0.2) is 9.48 Å². The van der Waals surface area contributed by atoms with Gasteiger partial charge in [-0.3, -0.25) is 4.79 Å². The summed E-state index contributed by atoms with van der Waals surface area (Å²) in [6, 6.07) is 9.66. The highest BCUT2D eigenvalue weighted by atomic mass is 16.5. The van der Waals surface area contributed by atoms with Crippen molar-refractivity contribution >= 4 is 11.9 Å². The highest BCUT2D eigenvalue weighted by Gasteiger charge is 2.24. The topological polar surface area (TPSA) is 89.0 Å². The van der Waals surface area contributed by atoms with E-state index in [2.05, 4.69) is 15.4 Å². The van der Waals surface area contributed by atoms with E-state index in [9.17, 15) is 9.59 Å². The fourth-order valence-electron chi connectivity index (χ4n) is 3.21. The fourth-order valence-corrected chi connectivity index (χ4v) is 3.21. The predicted octanol–water partition coefficient (Wildman–Crippen LogP) is 3.18. The summed E-state index contributed by atoms with van der Waals surface area (Å²) in [5, 5.41) is 7.12. The van der Waals surface area contributed by atoms with Crippen LogP contribution in [0.3, 0.4) is 0 Å². The first-order valence-corrected chi connectivity index (χ1v) is 9.22. The number of H-pyrrole nitrogens is 1. The summed E-state index contributed by atoms with van der Waals surface area (Å²) in [6.45, 7) is 4.16. The summed E-state index contributed by atoms with van der Waals surface area (Å²) >= 11 is 0. The lowest BCUT2D eigenvalue weighted by atomic mass is 10.0. The molecule has 146 valence electrons. The molecule has 3 rings (SSSR count). The average Bonchev–Trinajstić information content (AvgIpc) is 3.35. The molecular weight excluding hydrogens is 356 g/mol. The second-order valence-electron chi connectivity index (χ2n) is 6.52. The third-order valence-electron chi connectivity index (χ3n) is 4.57. The molecular formula is C21H24N4O3. The summed E-state index contributed by atoms with van der Waals surface area (Å²) in [4.78, 5) is 27.9. The number of hydrogen-bond acceptors (Lipinski definition) is 4. The van der Waals surface area contributed by atoms with Crippen LogP contribution in [0.4, 0.5) is 0 Å². The smallest absolute Gasteiger partial charge is 0.339 e. The molecule has 7 heteroatoms. The van der Waals surface area contributed by atoms with Gasteiger partial charge < -0.3 is 15.0 Å². The molecule has 2 heterocycles. The first-order chi connectivity index (χ1) is 13.5. The Hall–Kier alpha value is -3.35. The van der Waals surface area contributed by atoms with E-state index in [1.807, 2.05) is 43.5 Å². The van der Waals surface area contributed by atoms with Crippen LogP contribution >= 0.6 is 0 Å². The van der Waals surface area contributed by atoms with Crippen LogP contribution in [0.1, 0.15) is 51.0 Å². The Morgan fingerprint density at radius 2 is 2.00 bits per heavy atom. The number of esters is 1. The molecule has 1 amide bonds. The molecule has 0 radical (unpaired) electrons.